The van der Waals surface area contributed by atoms with E-state index in [0.717, 1.165) is 18.2 Å². The summed E-state index contributed by atoms with van der Waals surface area (Å²) in [6.07, 6.45) is -4.57. The molecule has 0 atom stereocenters. The standard InChI is InChI=1S/C14H9ClF5N/c15-10-3-1-2-9(14(18,19)20)13(10)21-7-8-4-5-11(16)12(17)6-8/h1-6,21H,7H2. The molecule has 1 N–H and O–H groups in total. The summed E-state index contributed by atoms with van der Waals surface area (Å²) in [6, 6.07) is 6.48. The smallest absolute Gasteiger partial charge is 0.379 e. The maximum absolute atomic E-state index is 13.0. The van der Waals surface area contributed by atoms with Gasteiger partial charge < -0.3 is 5.32 Å². The zero-order chi connectivity index (χ0) is 15.6. The van der Waals surface area contributed by atoms with E-state index in [9.17, 15) is 22.0 Å². The Morgan fingerprint density at radius 2 is 1.71 bits per heavy atom. The van der Waals surface area contributed by atoms with Crippen LogP contribution >= 0.6 is 11.6 Å². The lowest BCUT2D eigenvalue weighted by Crippen LogP contribution is -2.11. The van der Waals surface area contributed by atoms with Gasteiger partial charge in [-0.3, -0.25) is 0 Å². The van der Waals surface area contributed by atoms with E-state index in [4.69, 9.17) is 11.6 Å². The Labute approximate surface area is 122 Å². The van der Waals surface area contributed by atoms with Gasteiger partial charge in [-0.1, -0.05) is 23.7 Å². The molecule has 0 aliphatic carbocycles. The molecule has 2 aromatic rings. The van der Waals surface area contributed by atoms with Crippen LogP contribution in [-0.2, 0) is 12.7 Å². The maximum Gasteiger partial charge on any atom is 0.418 e. The van der Waals surface area contributed by atoms with Gasteiger partial charge >= 0.3 is 6.18 Å². The molecule has 0 aromatic heterocycles. The number of para-hydroxylation sites is 1. The molecule has 112 valence electrons. The Kier molecular flexibility index (Phi) is 4.37. The lowest BCUT2D eigenvalue weighted by atomic mass is 10.1. The summed E-state index contributed by atoms with van der Waals surface area (Å²) in [5, 5.41) is 2.41. The van der Waals surface area contributed by atoms with Gasteiger partial charge in [0.2, 0.25) is 0 Å². The van der Waals surface area contributed by atoms with Crippen molar-refractivity contribution < 1.29 is 22.0 Å². The Morgan fingerprint density at radius 3 is 2.33 bits per heavy atom. The molecule has 0 bridgehead atoms. The number of nitrogens with one attached hydrogen (secondary N) is 1. The first-order valence-electron chi connectivity index (χ1n) is 5.82. The van der Waals surface area contributed by atoms with E-state index in [2.05, 4.69) is 5.32 Å². The topological polar surface area (TPSA) is 12.0 Å². The van der Waals surface area contributed by atoms with E-state index < -0.39 is 23.4 Å². The van der Waals surface area contributed by atoms with Gasteiger partial charge in [0.05, 0.1) is 16.3 Å². The van der Waals surface area contributed by atoms with Crippen molar-refractivity contribution in [3.8, 4) is 0 Å². The van der Waals surface area contributed by atoms with Crippen LogP contribution in [0.2, 0.25) is 5.02 Å². The zero-order valence-electron chi connectivity index (χ0n) is 10.4. The van der Waals surface area contributed by atoms with E-state index in [1.807, 2.05) is 0 Å². The molecule has 0 heterocycles. The molecule has 0 saturated heterocycles. The number of hydrogen-bond acceptors (Lipinski definition) is 1. The zero-order valence-corrected chi connectivity index (χ0v) is 11.2. The molecule has 0 saturated carbocycles. The van der Waals surface area contributed by atoms with Gasteiger partial charge in [-0.2, -0.15) is 13.2 Å². The van der Waals surface area contributed by atoms with Crippen molar-refractivity contribution in [3.05, 3.63) is 64.2 Å². The maximum atomic E-state index is 13.0. The van der Waals surface area contributed by atoms with Crippen LogP contribution in [0.25, 0.3) is 0 Å². The molecule has 0 spiro atoms. The van der Waals surface area contributed by atoms with Gasteiger partial charge in [-0.15, -0.1) is 0 Å². The number of alkyl halides is 3. The van der Waals surface area contributed by atoms with Crippen molar-refractivity contribution in [2.45, 2.75) is 12.7 Å². The fraction of sp³-hybridized carbons (Fsp3) is 0.143. The fourth-order valence-corrected chi connectivity index (χ4v) is 2.02. The summed E-state index contributed by atoms with van der Waals surface area (Å²) in [7, 11) is 0. The molecular formula is C14H9ClF5N. The molecule has 0 aliphatic heterocycles. The van der Waals surface area contributed by atoms with Crippen LogP contribution in [0.1, 0.15) is 11.1 Å². The third-order valence-corrected chi connectivity index (χ3v) is 3.09. The summed E-state index contributed by atoms with van der Waals surface area (Å²) in [5.41, 5.74) is -0.920. The van der Waals surface area contributed by atoms with Crippen LogP contribution in [-0.4, -0.2) is 0 Å². The SMILES string of the molecule is Fc1ccc(CNc2c(Cl)cccc2C(F)(F)F)cc1F. The van der Waals surface area contributed by atoms with Gasteiger partial charge in [0.15, 0.2) is 11.6 Å². The van der Waals surface area contributed by atoms with E-state index in [1.54, 1.807) is 0 Å². The lowest BCUT2D eigenvalue weighted by molar-refractivity contribution is -0.136. The summed E-state index contributed by atoms with van der Waals surface area (Å²) in [4.78, 5) is 0. The highest BCUT2D eigenvalue weighted by molar-refractivity contribution is 6.33. The number of anilines is 1. The highest BCUT2D eigenvalue weighted by Crippen LogP contribution is 2.38. The summed E-state index contributed by atoms with van der Waals surface area (Å²) >= 11 is 5.76. The van der Waals surface area contributed by atoms with Crippen LogP contribution in [0.3, 0.4) is 0 Å². The van der Waals surface area contributed by atoms with Gasteiger partial charge in [0.25, 0.3) is 0 Å². The Bertz CT molecular complexity index is 654. The third kappa shape index (κ3) is 3.64. The monoisotopic (exact) mass is 321 g/mol. The first-order valence-corrected chi connectivity index (χ1v) is 6.20. The number of rotatable bonds is 3. The quantitative estimate of drug-likeness (QED) is 0.761. The summed E-state index contributed by atoms with van der Waals surface area (Å²) in [5.74, 6) is -2.09. The molecule has 2 rings (SSSR count). The largest absolute Gasteiger partial charge is 0.418 e. The molecular weight excluding hydrogens is 313 g/mol. The van der Waals surface area contributed by atoms with Crippen LogP contribution in [0.5, 0.6) is 0 Å². The highest BCUT2D eigenvalue weighted by atomic mass is 35.5. The number of benzene rings is 2. The number of hydrogen-bond donors (Lipinski definition) is 1. The van der Waals surface area contributed by atoms with Crippen molar-refractivity contribution in [1.82, 2.24) is 0 Å². The average Bonchev–Trinajstić information content (AvgIpc) is 2.40. The van der Waals surface area contributed by atoms with Gasteiger partial charge in [0, 0.05) is 6.54 Å². The Hall–Kier alpha value is -1.82. The Balaban J connectivity index is 2.25. The van der Waals surface area contributed by atoms with Crippen molar-refractivity contribution in [2.75, 3.05) is 5.32 Å². The molecule has 0 fully saturated rings. The first kappa shape index (κ1) is 15.6. The fourth-order valence-electron chi connectivity index (χ4n) is 1.78. The second kappa shape index (κ2) is 5.89. The molecule has 21 heavy (non-hydrogen) atoms. The third-order valence-electron chi connectivity index (χ3n) is 2.77. The van der Waals surface area contributed by atoms with E-state index in [0.29, 0.717) is 5.56 Å². The Morgan fingerprint density at radius 1 is 1.00 bits per heavy atom. The summed E-state index contributed by atoms with van der Waals surface area (Å²) < 4.78 is 64.4. The molecule has 0 aliphatic rings. The summed E-state index contributed by atoms with van der Waals surface area (Å²) in [6.45, 7) is -0.121. The molecule has 1 nitrogen and oxygen atoms in total. The van der Waals surface area contributed by atoms with E-state index in [-0.39, 0.29) is 17.3 Å². The minimum atomic E-state index is -4.57. The minimum absolute atomic E-state index is 0.104. The molecule has 0 radical (unpaired) electrons. The van der Waals surface area contributed by atoms with E-state index >= 15 is 0 Å². The van der Waals surface area contributed by atoms with E-state index in [1.165, 1.54) is 18.2 Å². The molecule has 0 amide bonds. The highest BCUT2D eigenvalue weighted by Gasteiger charge is 2.34. The number of halogens is 6. The molecule has 2 aromatic carbocycles. The molecule has 7 heteroatoms. The van der Waals surface area contributed by atoms with Crippen LogP contribution in [0.4, 0.5) is 27.6 Å². The van der Waals surface area contributed by atoms with Crippen molar-refractivity contribution in [3.63, 3.8) is 0 Å². The first-order chi connectivity index (χ1) is 9.79. The second-order valence-electron chi connectivity index (χ2n) is 4.26. The van der Waals surface area contributed by atoms with Crippen LogP contribution in [0.15, 0.2) is 36.4 Å². The van der Waals surface area contributed by atoms with Crippen LogP contribution in [0, 0.1) is 11.6 Å². The van der Waals surface area contributed by atoms with Crippen molar-refractivity contribution in [2.24, 2.45) is 0 Å². The molecule has 0 unspecified atom stereocenters. The predicted octanol–water partition coefficient (Wildman–Crippen LogP) is 5.25. The van der Waals surface area contributed by atoms with Gasteiger partial charge in [-0.05, 0) is 29.8 Å². The van der Waals surface area contributed by atoms with Crippen molar-refractivity contribution in [1.29, 1.82) is 0 Å². The van der Waals surface area contributed by atoms with Crippen LogP contribution < -0.4 is 5.32 Å². The lowest BCUT2D eigenvalue weighted by Gasteiger charge is -2.16. The van der Waals surface area contributed by atoms with Crippen molar-refractivity contribution >= 4 is 17.3 Å². The minimum Gasteiger partial charge on any atom is -0.379 e. The second-order valence-corrected chi connectivity index (χ2v) is 4.67. The average molecular weight is 322 g/mol. The van der Waals surface area contributed by atoms with Gasteiger partial charge in [0.1, 0.15) is 0 Å². The normalized spacial score (nSPS) is 11.5. The predicted molar refractivity (Wildman–Crippen MR) is 70.1 cm³/mol. The van der Waals surface area contributed by atoms with Gasteiger partial charge in [-0.25, -0.2) is 8.78 Å².